The number of aromatic nitrogens is 1. The van der Waals surface area contributed by atoms with E-state index in [4.69, 9.17) is 26.7 Å². The van der Waals surface area contributed by atoms with Gasteiger partial charge in [0, 0.05) is 23.4 Å². The molecule has 2 rings (SSSR count). The maximum absolute atomic E-state index is 6.00. The van der Waals surface area contributed by atoms with E-state index in [1.54, 1.807) is 12.5 Å². The van der Waals surface area contributed by atoms with E-state index in [-0.39, 0.29) is 0 Å². The quantitative estimate of drug-likeness (QED) is 0.733. The van der Waals surface area contributed by atoms with E-state index in [1.165, 1.54) is 0 Å². The number of hydrogen-bond donors (Lipinski definition) is 2. The molecule has 0 saturated heterocycles. The van der Waals surface area contributed by atoms with Gasteiger partial charge >= 0.3 is 0 Å². The Kier molecular flexibility index (Phi) is 3.86. The molecule has 0 bridgehead atoms. The van der Waals surface area contributed by atoms with Gasteiger partial charge in [0.15, 0.2) is 0 Å². The lowest BCUT2D eigenvalue weighted by molar-refractivity contribution is 0.521. The first kappa shape index (κ1) is 11.5. The van der Waals surface area contributed by atoms with Crippen molar-refractivity contribution in [2.45, 2.75) is 6.42 Å². The topological polar surface area (TPSA) is 126 Å². The van der Waals surface area contributed by atoms with Crippen LogP contribution in [0.25, 0.3) is 0 Å². The van der Waals surface area contributed by atoms with Crippen molar-refractivity contribution in [3.05, 3.63) is 42.0 Å². The summed E-state index contributed by atoms with van der Waals surface area (Å²) in [7, 11) is 0. The highest BCUT2D eigenvalue weighted by Gasteiger charge is 2.05. The number of hydrogen-bond acceptors (Lipinski definition) is 6. The van der Waals surface area contributed by atoms with Crippen molar-refractivity contribution >= 4 is 11.5 Å². The molecule has 0 aliphatic heterocycles. The SMILES string of the molecule is N#N.Nc1nccc(Cc2ccco2)c1N. The summed E-state index contributed by atoms with van der Waals surface area (Å²) in [6.07, 6.45) is 3.92. The van der Waals surface area contributed by atoms with Crippen LogP contribution in [0.3, 0.4) is 0 Å². The first-order valence-corrected chi connectivity index (χ1v) is 4.48. The van der Waals surface area contributed by atoms with Crippen LogP contribution < -0.4 is 11.5 Å². The number of nitrogens with zero attached hydrogens (tertiary/aromatic N) is 3. The van der Waals surface area contributed by atoms with E-state index < -0.39 is 0 Å². The number of nitrogen functional groups attached to an aromatic ring is 2. The number of furan rings is 1. The predicted octanol–water partition coefficient (Wildman–Crippen LogP) is 1.46. The zero-order valence-electron chi connectivity index (χ0n) is 8.50. The van der Waals surface area contributed by atoms with Crippen LogP contribution in [0.1, 0.15) is 11.3 Å². The van der Waals surface area contributed by atoms with Crippen molar-refractivity contribution in [2.24, 2.45) is 0 Å². The van der Waals surface area contributed by atoms with Gasteiger partial charge in [-0.3, -0.25) is 0 Å². The lowest BCUT2D eigenvalue weighted by atomic mass is 10.1. The van der Waals surface area contributed by atoms with Crippen molar-refractivity contribution in [1.82, 2.24) is 4.98 Å². The van der Waals surface area contributed by atoms with Crippen LogP contribution in [0.15, 0.2) is 35.1 Å². The largest absolute Gasteiger partial charge is 0.469 e. The van der Waals surface area contributed by atoms with Gasteiger partial charge in [0.05, 0.1) is 12.0 Å². The van der Waals surface area contributed by atoms with Crippen molar-refractivity contribution in [3.63, 3.8) is 0 Å². The Labute approximate surface area is 92.3 Å². The molecular formula is C10H11N5O. The molecule has 2 aromatic rings. The molecule has 0 amide bonds. The summed E-state index contributed by atoms with van der Waals surface area (Å²) in [5, 5.41) is 12.0. The third-order valence-corrected chi connectivity index (χ3v) is 2.06. The fourth-order valence-electron chi connectivity index (χ4n) is 1.29. The Bertz CT molecular complexity index is 463. The maximum Gasteiger partial charge on any atom is 0.146 e. The van der Waals surface area contributed by atoms with Crippen LogP contribution in [-0.2, 0) is 6.42 Å². The van der Waals surface area contributed by atoms with Crippen LogP contribution in [0.5, 0.6) is 0 Å². The minimum absolute atomic E-state index is 0.369. The van der Waals surface area contributed by atoms with Crippen LogP contribution in [0.4, 0.5) is 11.5 Å². The second kappa shape index (κ2) is 5.36. The fraction of sp³-hybridized carbons (Fsp3) is 0.100. The molecule has 0 aliphatic rings. The van der Waals surface area contributed by atoms with Gasteiger partial charge in [-0.2, -0.15) is 0 Å². The molecule has 0 spiro atoms. The van der Waals surface area contributed by atoms with Crippen molar-refractivity contribution in [2.75, 3.05) is 11.5 Å². The smallest absolute Gasteiger partial charge is 0.146 e. The van der Waals surface area contributed by atoms with Crippen LogP contribution in [0.2, 0.25) is 0 Å². The zero-order chi connectivity index (χ0) is 12.0. The fourth-order valence-corrected chi connectivity index (χ4v) is 1.29. The van der Waals surface area contributed by atoms with E-state index in [1.807, 2.05) is 18.2 Å². The van der Waals surface area contributed by atoms with Crippen LogP contribution in [-0.4, -0.2) is 4.98 Å². The summed E-state index contributed by atoms with van der Waals surface area (Å²) >= 11 is 0. The molecule has 0 saturated carbocycles. The summed E-state index contributed by atoms with van der Waals surface area (Å²) in [6.45, 7) is 0. The minimum Gasteiger partial charge on any atom is -0.469 e. The Morgan fingerprint density at radius 1 is 1.25 bits per heavy atom. The summed E-state index contributed by atoms with van der Waals surface area (Å²) < 4.78 is 5.22. The average Bonchev–Trinajstić information content (AvgIpc) is 2.80. The van der Waals surface area contributed by atoms with Gasteiger partial charge in [0.1, 0.15) is 11.6 Å². The van der Waals surface area contributed by atoms with Crippen LogP contribution >= 0.6 is 0 Å². The molecule has 6 heteroatoms. The number of pyridine rings is 1. The molecule has 2 heterocycles. The van der Waals surface area contributed by atoms with E-state index in [0.29, 0.717) is 17.9 Å². The third-order valence-electron chi connectivity index (χ3n) is 2.06. The molecular weight excluding hydrogens is 206 g/mol. The standard InChI is InChI=1S/C10H11N3O.N2/c11-9-7(3-4-13-10(9)12)6-8-2-1-5-14-8;1-2/h1-5H,6,11H2,(H2,12,13);. The zero-order valence-corrected chi connectivity index (χ0v) is 8.50. The van der Waals surface area contributed by atoms with Crippen molar-refractivity contribution in [1.29, 1.82) is 10.8 Å². The lowest BCUT2D eigenvalue weighted by Crippen LogP contribution is -2.02. The third kappa shape index (κ3) is 2.48. The number of nitrogens with two attached hydrogens (primary N) is 2. The van der Waals surface area contributed by atoms with Gasteiger partial charge in [0.2, 0.25) is 0 Å². The summed E-state index contributed by atoms with van der Waals surface area (Å²) in [5.74, 6) is 1.23. The molecule has 2 aromatic heterocycles. The first-order chi connectivity index (χ1) is 7.77. The van der Waals surface area contributed by atoms with Gasteiger partial charge in [-0.05, 0) is 23.8 Å². The first-order valence-electron chi connectivity index (χ1n) is 4.48. The average molecular weight is 217 g/mol. The summed E-state index contributed by atoms with van der Waals surface area (Å²) in [4.78, 5) is 3.89. The van der Waals surface area contributed by atoms with Crippen molar-refractivity contribution in [3.8, 4) is 0 Å². The van der Waals surface area contributed by atoms with E-state index >= 15 is 0 Å². The monoisotopic (exact) mass is 217 g/mol. The molecule has 82 valence electrons. The van der Waals surface area contributed by atoms with Crippen LogP contribution in [0, 0.1) is 10.8 Å². The Morgan fingerprint density at radius 3 is 2.62 bits per heavy atom. The second-order valence-electron chi connectivity index (χ2n) is 3.03. The van der Waals surface area contributed by atoms with Gasteiger partial charge in [-0.1, -0.05) is 0 Å². The Morgan fingerprint density at radius 2 is 2.00 bits per heavy atom. The number of anilines is 2. The highest BCUT2D eigenvalue weighted by Crippen LogP contribution is 2.20. The maximum atomic E-state index is 6.00. The second-order valence-corrected chi connectivity index (χ2v) is 3.03. The summed E-state index contributed by atoms with van der Waals surface area (Å²) in [6, 6.07) is 5.58. The molecule has 0 fully saturated rings. The molecule has 16 heavy (non-hydrogen) atoms. The molecule has 0 unspecified atom stereocenters. The summed E-state index contributed by atoms with van der Waals surface area (Å²) in [5.41, 5.74) is 12.8. The molecule has 4 N–H and O–H groups in total. The molecule has 0 atom stereocenters. The lowest BCUT2D eigenvalue weighted by Gasteiger charge is -2.04. The predicted molar refractivity (Wildman–Crippen MR) is 58.0 cm³/mol. The Balaban J connectivity index is 0.000000606. The molecule has 6 nitrogen and oxygen atoms in total. The van der Waals surface area contributed by atoms with Gasteiger partial charge in [0.25, 0.3) is 0 Å². The van der Waals surface area contributed by atoms with E-state index in [0.717, 1.165) is 11.3 Å². The van der Waals surface area contributed by atoms with Gasteiger partial charge in [-0.25, -0.2) is 4.98 Å². The molecule has 0 aliphatic carbocycles. The van der Waals surface area contributed by atoms with Gasteiger partial charge in [-0.15, -0.1) is 0 Å². The number of rotatable bonds is 2. The normalized spacial score (nSPS) is 9.12. The highest BCUT2D eigenvalue weighted by atomic mass is 16.3. The highest BCUT2D eigenvalue weighted by molar-refractivity contribution is 5.63. The molecule has 0 radical (unpaired) electrons. The van der Waals surface area contributed by atoms with Crippen molar-refractivity contribution < 1.29 is 4.42 Å². The Hall–Kier alpha value is -2.55. The molecule has 0 aromatic carbocycles. The van der Waals surface area contributed by atoms with E-state index in [9.17, 15) is 0 Å². The van der Waals surface area contributed by atoms with Gasteiger partial charge < -0.3 is 15.9 Å². The minimum atomic E-state index is 0.369. The van der Waals surface area contributed by atoms with E-state index in [2.05, 4.69) is 4.98 Å².